The third-order valence-corrected chi connectivity index (χ3v) is 6.18. The van der Waals surface area contributed by atoms with Gasteiger partial charge in [-0.15, -0.1) is 9.24 Å². The van der Waals surface area contributed by atoms with E-state index in [1.807, 2.05) is 34.4 Å². The highest BCUT2D eigenvalue weighted by Gasteiger charge is 2.39. The van der Waals surface area contributed by atoms with Crippen LogP contribution < -0.4 is 0 Å². The molecule has 3 heterocycles. The lowest BCUT2D eigenvalue weighted by atomic mass is 9.89. The molecule has 1 saturated heterocycles. The molecule has 3 aromatic rings. The summed E-state index contributed by atoms with van der Waals surface area (Å²) in [6.07, 6.45) is 4.90. The number of nitrogens with one attached hydrogen (secondary N) is 1. The molecule has 0 amide bonds. The summed E-state index contributed by atoms with van der Waals surface area (Å²) >= 11 is 0. The first-order chi connectivity index (χ1) is 15.6. The first kappa shape index (κ1) is 23.0. The SMILES string of the molecule is C/C=C/c1cc(F)c(C2c3[nH]c4ccccc4c3CCN2C2CCOC2)c(F)c1.FCP. The first-order valence-electron chi connectivity index (χ1n) is 10.9. The van der Waals surface area contributed by atoms with Crippen molar-refractivity contribution < 1.29 is 17.9 Å². The maximum atomic E-state index is 15.3. The molecule has 0 saturated carbocycles. The van der Waals surface area contributed by atoms with Gasteiger partial charge in [0, 0.05) is 41.4 Å². The number of ether oxygens (including phenoxy) is 1. The quantitative estimate of drug-likeness (QED) is 0.486. The summed E-state index contributed by atoms with van der Waals surface area (Å²) in [5, 5.41) is 1.14. The summed E-state index contributed by atoms with van der Waals surface area (Å²) in [4.78, 5) is 5.71. The molecule has 1 aromatic heterocycles. The number of nitrogens with zero attached hydrogens (tertiary/aromatic N) is 1. The number of halogens is 3. The number of aromatic amines is 1. The van der Waals surface area contributed by atoms with Gasteiger partial charge in [-0.05, 0) is 49.1 Å². The molecular formula is C25H28F3N2OP. The number of alkyl halides is 1. The van der Waals surface area contributed by atoms with Crippen LogP contribution in [0.15, 0.2) is 42.5 Å². The largest absolute Gasteiger partial charge is 0.380 e. The van der Waals surface area contributed by atoms with Crippen LogP contribution in [0.4, 0.5) is 13.2 Å². The van der Waals surface area contributed by atoms with Crippen molar-refractivity contribution in [2.24, 2.45) is 0 Å². The number of para-hydroxylation sites is 1. The third kappa shape index (κ3) is 4.36. The number of rotatable bonds is 3. The van der Waals surface area contributed by atoms with Crippen LogP contribution in [0.25, 0.3) is 17.0 Å². The monoisotopic (exact) mass is 460 g/mol. The van der Waals surface area contributed by atoms with Crippen LogP contribution >= 0.6 is 9.24 Å². The lowest BCUT2D eigenvalue weighted by Crippen LogP contribution is -2.44. The van der Waals surface area contributed by atoms with Crippen LogP contribution in [0.1, 0.15) is 41.8 Å². The van der Waals surface area contributed by atoms with Crippen LogP contribution in [0, 0.1) is 11.6 Å². The molecule has 0 radical (unpaired) electrons. The van der Waals surface area contributed by atoms with Crippen molar-refractivity contribution in [1.82, 2.24) is 9.88 Å². The normalized spacial score (nSPS) is 21.0. The van der Waals surface area contributed by atoms with E-state index in [-0.39, 0.29) is 18.0 Å². The van der Waals surface area contributed by atoms with Gasteiger partial charge in [0.2, 0.25) is 0 Å². The Hall–Kier alpha value is -2.14. The molecule has 170 valence electrons. The fourth-order valence-electron chi connectivity index (χ4n) is 4.90. The Kier molecular flexibility index (Phi) is 7.34. The van der Waals surface area contributed by atoms with Gasteiger partial charge in [0.1, 0.15) is 18.1 Å². The van der Waals surface area contributed by atoms with E-state index >= 15 is 8.78 Å². The van der Waals surface area contributed by atoms with E-state index in [0.717, 1.165) is 41.5 Å². The average molecular weight is 460 g/mol. The number of hydrogen-bond donors (Lipinski definition) is 1. The second-order valence-corrected chi connectivity index (χ2v) is 8.33. The molecule has 0 aliphatic carbocycles. The number of allylic oxidation sites excluding steroid dienone is 1. The third-order valence-electron chi connectivity index (χ3n) is 6.18. The van der Waals surface area contributed by atoms with Gasteiger partial charge in [-0.2, -0.15) is 0 Å². The standard InChI is InChI=1S/C24H24F2N2O.CH4FP/c1-2-5-15-12-19(25)22(20(26)13-15)24-23-18(17-6-3-4-7-21(17)27-23)8-10-28(24)16-9-11-29-14-16;2-1-3/h2-7,12-13,16,24,27H,8-11,14H2,1H3;1,3H2/b5-2+;. The lowest BCUT2D eigenvalue weighted by molar-refractivity contribution is 0.112. The zero-order chi connectivity index (χ0) is 22.7. The number of fused-ring (bicyclic) bond motifs is 3. The molecule has 2 aliphatic rings. The Bertz CT molecular complexity index is 1080. The van der Waals surface area contributed by atoms with Gasteiger partial charge in [0.25, 0.3) is 0 Å². The van der Waals surface area contributed by atoms with Gasteiger partial charge < -0.3 is 9.72 Å². The minimum absolute atomic E-state index is 0.123. The molecule has 1 fully saturated rings. The Balaban J connectivity index is 0.000000775. The summed E-state index contributed by atoms with van der Waals surface area (Å²) in [7, 11) is 1.91. The second-order valence-electron chi connectivity index (χ2n) is 8.02. The zero-order valence-corrected chi connectivity index (χ0v) is 19.2. The van der Waals surface area contributed by atoms with Crippen LogP contribution in [-0.2, 0) is 11.2 Å². The van der Waals surface area contributed by atoms with Crippen molar-refractivity contribution in [1.29, 1.82) is 0 Å². The van der Waals surface area contributed by atoms with Crippen molar-refractivity contribution in [2.45, 2.75) is 31.8 Å². The van der Waals surface area contributed by atoms with E-state index in [2.05, 4.69) is 16.0 Å². The maximum absolute atomic E-state index is 15.3. The van der Waals surface area contributed by atoms with Crippen molar-refractivity contribution >= 4 is 26.2 Å². The molecule has 1 N–H and O–H groups in total. The first-order valence-corrected chi connectivity index (χ1v) is 11.7. The van der Waals surface area contributed by atoms with Gasteiger partial charge in [-0.3, -0.25) is 4.90 Å². The minimum atomic E-state index is -0.501. The van der Waals surface area contributed by atoms with E-state index in [0.29, 0.717) is 18.8 Å². The van der Waals surface area contributed by atoms with E-state index in [9.17, 15) is 4.39 Å². The van der Waals surface area contributed by atoms with Crippen LogP contribution in [0.2, 0.25) is 0 Å². The average Bonchev–Trinajstić information content (AvgIpc) is 3.42. The lowest BCUT2D eigenvalue weighted by Gasteiger charge is -2.39. The smallest absolute Gasteiger partial charge is 0.131 e. The highest BCUT2D eigenvalue weighted by Crippen LogP contribution is 2.42. The fourth-order valence-corrected chi connectivity index (χ4v) is 4.90. The fraction of sp³-hybridized carbons (Fsp3) is 0.360. The molecular weight excluding hydrogens is 432 g/mol. The van der Waals surface area contributed by atoms with E-state index in [1.54, 1.807) is 12.2 Å². The summed E-state index contributed by atoms with van der Waals surface area (Å²) < 4.78 is 46.4. The topological polar surface area (TPSA) is 28.3 Å². The maximum Gasteiger partial charge on any atom is 0.131 e. The van der Waals surface area contributed by atoms with Gasteiger partial charge in [0.05, 0.1) is 12.6 Å². The molecule has 5 rings (SSSR count). The van der Waals surface area contributed by atoms with Crippen LogP contribution in [0.5, 0.6) is 0 Å². The summed E-state index contributed by atoms with van der Waals surface area (Å²) in [5.41, 5.74) is 3.74. The van der Waals surface area contributed by atoms with Crippen molar-refractivity contribution in [3.63, 3.8) is 0 Å². The highest BCUT2D eigenvalue weighted by molar-refractivity contribution is 7.16. The van der Waals surface area contributed by atoms with Crippen molar-refractivity contribution in [2.75, 3.05) is 26.2 Å². The highest BCUT2D eigenvalue weighted by atomic mass is 31.0. The summed E-state index contributed by atoms with van der Waals surface area (Å²) in [6, 6.07) is 10.6. The Morgan fingerprint density at radius 1 is 1.22 bits per heavy atom. The predicted molar refractivity (Wildman–Crippen MR) is 127 cm³/mol. The minimum Gasteiger partial charge on any atom is -0.380 e. The molecule has 32 heavy (non-hydrogen) atoms. The Morgan fingerprint density at radius 2 is 1.94 bits per heavy atom. The molecule has 2 aromatic carbocycles. The predicted octanol–water partition coefficient (Wildman–Crippen LogP) is 6.00. The van der Waals surface area contributed by atoms with E-state index < -0.39 is 17.7 Å². The molecule has 3 atom stereocenters. The summed E-state index contributed by atoms with van der Waals surface area (Å²) in [5.74, 6) is -1.00. The molecule has 3 nitrogen and oxygen atoms in total. The Morgan fingerprint density at radius 3 is 2.59 bits per heavy atom. The van der Waals surface area contributed by atoms with Gasteiger partial charge in [-0.1, -0.05) is 30.4 Å². The van der Waals surface area contributed by atoms with Crippen LogP contribution in [-0.4, -0.2) is 42.1 Å². The second kappa shape index (κ2) is 10.2. The van der Waals surface area contributed by atoms with E-state index in [4.69, 9.17) is 4.74 Å². The van der Waals surface area contributed by atoms with Gasteiger partial charge in [-0.25, -0.2) is 13.2 Å². The number of benzene rings is 2. The molecule has 2 aliphatic heterocycles. The van der Waals surface area contributed by atoms with Gasteiger partial charge in [0.15, 0.2) is 0 Å². The van der Waals surface area contributed by atoms with Crippen LogP contribution in [0.3, 0.4) is 0 Å². The molecule has 7 heteroatoms. The number of H-pyrrole nitrogens is 1. The van der Waals surface area contributed by atoms with E-state index in [1.165, 1.54) is 12.1 Å². The Labute approximate surface area is 188 Å². The van der Waals surface area contributed by atoms with Gasteiger partial charge >= 0.3 is 0 Å². The zero-order valence-electron chi connectivity index (χ0n) is 18.1. The van der Waals surface area contributed by atoms with Crippen molar-refractivity contribution in [3.8, 4) is 0 Å². The van der Waals surface area contributed by atoms with Crippen molar-refractivity contribution in [3.05, 3.63) is 76.5 Å². The number of aromatic nitrogens is 1. The molecule has 0 spiro atoms. The molecule has 3 unspecified atom stereocenters. The molecule has 0 bridgehead atoms. The number of hydrogen-bond acceptors (Lipinski definition) is 2. The summed E-state index contributed by atoms with van der Waals surface area (Å²) in [6.45, 7) is 3.89.